The lowest BCUT2D eigenvalue weighted by molar-refractivity contribution is 0.669. The lowest BCUT2D eigenvalue weighted by atomic mass is 9.90. The molecule has 0 saturated carbocycles. The summed E-state index contributed by atoms with van der Waals surface area (Å²) < 4.78 is 0. The summed E-state index contributed by atoms with van der Waals surface area (Å²) >= 11 is 0. The van der Waals surface area contributed by atoms with Gasteiger partial charge < -0.3 is 0 Å². The molecule has 0 aliphatic carbocycles. The monoisotopic (exact) mass is 262 g/mol. The minimum atomic E-state index is 0.631. The molecule has 0 heteroatoms. The largest absolute Gasteiger partial charge is 0.0654 e. The van der Waals surface area contributed by atoms with Crippen molar-refractivity contribution in [1.29, 1.82) is 0 Å². The number of hydrogen-bond donors (Lipinski definition) is 0. The molecule has 3 aromatic rings. The smallest absolute Gasteiger partial charge is 0.0143 e. The molecule has 0 aliphatic rings. The molecule has 0 heterocycles. The van der Waals surface area contributed by atoms with Gasteiger partial charge in [-0.05, 0) is 58.5 Å². The molecule has 0 spiro atoms. The highest BCUT2D eigenvalue weighted by molar-refractivity contribution is 6.00. The molecule has 0 nitrogen and oxygen atoms in total. The van der Waals surface area contributed by atoms with Crippen molar-refractivity contribution in [2.45, 2.75) is 39.5 Å². The van der Waals surface area contributed by atoms with Crippen molar-refractivity contribution in [1.82, 2.24) is 0 Å². The summed E-state index contributed by atoms with van der Waals surface area (Å²) in [6, 6.07) is 18.1. The van der Waals surface area contributed by atoms with Crippen LogP contribution in [0.1, 0.15) is 43.7 Å². The van der Waals surface area contributed by atoms with E-state index in [1.54, 1.807) is 0 Å². The second kappa shape index (κ2) is 5.28. The molecular formula is C20H22. The van der Waals surface area contributed by atoms with Crippen molar-refractivity contribution in [2.75, 3.05) is 0 Å². The Balaban J connectivity index is 2.25. The molecule has 0 fully saturated rings. The van der Waals surface area contributed by atoms with E-state index in [1.807, 2.05) is 0 Å². The quantitative estimate of drug-likeness (QED) is 0.492. The maximum absolute atomic E-state index is 2.37. The Morgan fingerprint density at radius 2 is 1.75 bits per heavy atom. The van der Waals surface area contributed by atoms with Gasteiger partial charge >= 0.3 is 0 Å². The third-order valence-corrected chi connectivity index (χ3v) is 4.28. The molecule has 1 unspecified atom stereocenters. The fraction of sp³-hybridized carbons (Fsp3) is 0.300. The summed E-state index contributed by atoms with van der Waals surface area (Å²) in [5.41, 5.74) is 2.82. The van der Waals surface area contributed by atoms with Crippen LogP contribution in [0.3, 0.4) is 0 Å². The lowest BCUT2D eigenvalue weighted by Crippen LogP contribution is -1.94. The summed E-state index contributed by atoms with van der Waals surface area (Å²) in [7, 11) is 0. The minimum absolute atomic E-state index is 0.631. The van der Waals surface area contributed by atoms with Gasteiger partial charge in [-0.3, -0.25) is 0 Å². The average molecular weight is 262 g/mol. The molecule has 1 atom stereocenters. The molecule has 0 aliphatic heterocycles. The van der Waals surface area contributed by atoms with Crippen LogP contribution in [0.15, 0.2) is 48.5 Å². The highest BCUT2D eigenvalue weighted by atomic mass is 14.1. The molecule has 20 heavy (non-hydrogen) atoms. The molecular weight excluding hydrogens is 240 g/mol. The van der Waals surface area contributed by atoms with Crippen LogP contribution >= 0.6 is 0 Å². The maximum Gasteiger partial charge on any atom is -0.0143 e. The fourth-order valence-corrected chi connectivity index (χ4v) is 3.19. The topological polar surface area (TPSA) is 0 Å². The molecule has 3 rings (SSSR count). The predicted octanol–water partition coefficient (Wildman–Crippen LogP) is 6.21. The Labute approximate surface area is 121 Å². The second-order valence-corrected chi connectivity index (χ2v) is 5.96. The van der Waals surface area contributed by atoms with Gasteiger partial charge in [0.25, 0.3) is 0 Å². The van der Waals surface area contributed by atoms with Crippen molar-refractivity contribution < 1.29 is 0 Å². The summed E-state index contributed by atoms with van der Waals surface area (Å²) in [6.07, 6.45) is 2.50. The van der Waals surface area contributed by atoms with Gasteiger partial charge in [-0.25, -0.2) is 0 Å². The van der Waals surface area contributed by atoms with E-state index in [9.17, 15) is 0 Å². The van der Waals surface area contributed by atoms with Gasteiger partial charge in [0.2, 0.25) is 0 Å². The van der Waals surface area contributed by atoms with Gasteiger partial charge in [0, 0.05) is 0 Å². The van der Waals surface area contributed by atoms with Crippen LogP contribution in [-0.2, 0) is 0 Å². The van der Waals surface area contributed by atoms with Crippen LogP contribution in [0.25, 0.3) is 21.5 Å². The van der Waals surface area contributed by atoms with Crippen LogP contribution in [0.4, 0.5) is 0 Å². The second-order valence-electron chi connectivity index (χ2n) is 5.96. The number of hydrogen-bond acceptors (Lipinski definition) is 0. The van der Waals surface area contributed by atoms with Crippen molar-refractivity contribution in [2.24, 2.45) is 0 Å². The molecule has 3 aromatic carbocycles. The van der Waals surface area contributed by atoms with Crippen molar-refractivity contribution >= 4 is 21.5 Å². The van der Waals surface area contributed by atoms with Gasteiger partial charge in [0.1, 0.15) is 0 Å². The van der Waals surface area contributed by atoms with E-state index < -0.39 is 0 Å². The standard InChI is InChI=1S/C20H22/c1-4-6-15(3)19-8-5-7-17-12-18-11-14(2)9-10-16(18)13-20(17)19/h5,7-13,15H,4,6H2,1-3H3. The van der Waals surface area contributed by atoms with Crippen LogP contribution in [0.5, 0.6) is 0 Å². The number of fused-ring (bicyclic) bond motifs is 2. The normalized spacial score (nSPS) is 12.9. The minimum Gasteiger partial charge on any atom is -0.0654 e. The van der Waals surface area contributed by atoms with Crippen LogP contribution in [-0.4, -0.2) is 0 Å². The average Bonchev–Trinajstić information content (AvgIpc) is 2.44. The van der Waals surface area contributed by atoms with E-state index in [2.05, 4.69) is 69.3 Å². The zero-order valence-corrected chi connectivity index (χ0v) is 12.6. The molecule has 102 valence electrons. The van der Waals surface area contributed by atoms with E-state index in [4.69, 9.17) is 0 Å². The van der Waals surface area contributed by atoms with Gasteiger partial charge in [-0.2, -0.15) is 0 Å². The number of rotatable bonds is 3. The zero-order chi connectivity index (χ0) is 14.1. The molecule has 0 radical (unpaired) electrons. The third kappa shape index (κ3) is 2.31. The highest BCUT2D eigenvalue weighted by Crippen LogP contribution is 2.31. The van der Waals surface area contributed by atoms with Crippen LogP contribution in [0, 0.1) is 6.92 Å². The lowest BCUT2D eigenvalue weighted by Gasteiger charge is -2.14. The molecule has 0 bridgehead atoms. The first-order valence-corrected chi connectivity index (χ1v) is 7.62. The Hall–Kier alpha value is -1.82. The third-order valence-electron chi connectivity index (χ3n) is 4.28. The fourth-order valence-electron chi connectivity index (χ4n) is 3.19. The Kier molecular flexibility index (Phi) is 3.48. The Morgan fingerprint density at radius 1 is 0.900 bits per heavy atom. The molecule has 0 N–H and O–H groups in total. The Bertz CT molecular complexity index is 752. The summed E-state index contributed by atoms with van der Waals surface area (Å²) in [5, 5.41) is 5.48. The van der Waals surface area contributed by atoms with Crippen LogP contribution < -0.4 is 0 Å². The molecule has 0 amide bonds. The van der Waals surface area contributed by atoms with Crippen molar-refractivity contribution in [3.05, 3.63) is 59.7 Å². The van der Waals surface area contributed by atoms with E-state index in [-0.39, 0.29) is 0 Å². The summed E-state index contributed by atoms with van der Waals surface area (Å²) in [4.78, 5) is 0. The Morgan fingerprint density at radius 3 is 2.55 bits per heavy atom. The van der Waals surface area contributed by atoms with E-state index in [0.29, 0.717) is 5.92 Å². The van der Waals surface area contributed by atoms with Gasteiger partial charge in [0.15, 0.2) is 0 Å². The first kappa shape index (κ1) is 13.2. The first-order chi connectivity index (χ1) is 9.69. The zero-order valence-electron chi connectivity index (χ0n) is 12.6. The van der Waals surface area contributed by atoms with Gasteiger partial charge in [-0.1, -0.05) is 62.2 Å². The summed E-state index contributed by atoms with van der Waals surface area (Å²) in [5.74, 6) is 0.631. The predicted molar refractivity (Wildman–Crippen MR) is 89.5 cm³/mol. The van der Waals surface area contributed by atoms with Gasteiger partial charge in [-0.15, -0.1) is 0 Å². The molecule has 0 aromatic heterocycles. The van der Waals surface area contributed by atoms with Crippen molar-refractivity contribution in [3.63, 3.8) is 0 Å². The first-order valence-electron chi connectivity index (χ1n) is 7.62. The highest BCUT2D eigenvalue weighted by Gasteiger charge is 2.09. The van der Waals surface area contributed by atoms with Gasteiger partial charge in [0.05, 0.1) is 0 Å². The summed E-state index contributed by atoms with van der Waals surface area (Å²) in [6.45, 7) is 6.76. The SMILES string of the molecule is CCCC(C)c1cccc2cc3cc(C)ccc3cc12. The van der Waals surface area contributed by atoms with E-state index in [0.717, 1.165) is 0 Å². The van der Waals surface area contributed by atoms with Crippen molar-refractivity contribution in [3.8, 4) is 0 Å². The van der Waals surface area contributed by atoms with Crippen LogP contribution in [0.2, 0.25) is 0 Å². The van der Waals surface area contributed by atoms with E-state index in [1.165, 1.54) is 45.5 Å². The number of benzene rings is 3. The number of aryl methyl sites for hydroxylation is 1. The maximum atomic E-state index is 2.37. The molecule has 0 saturated heterocycles. The van der Waals surface area contributed by atoms with E-state index >= 15 is 0 Å².